The molecule has 4 nitrogen and oxygen atoms in total. The number of amides is 2. The summed E-state index contributed by atoms with van der Waals surface area (Å²) in [5, 5.41) is 3.03. The third kappa shape index (κ3) is 3.10. The van der Waals surface area contributed by atoms with Crippen molar-refractivity contribution in [1.29, 1.82) is 0 Å². The number of para-hydroxylation sites is 1. The average molecular weight is 338 g/mol. The minimum atomic E-state index is -0.807. The zero-order chi connectivity index (χ0) is 17.3. The summed E-state index contributed by atoms with van der Waals surface area (Å²) in [5.41, 5.74) is 2.84. The summed E-state index contributed by atoms with van der Waals surface area (Å²) in [5.74, 6) is -0.0786. The first-order valence-electron chi connectivity index (χ1n) is 9.57. The van der Waals surface area contributed by atoms with Gasteiger partial charge in [0, 0.05) is 18.8 Å². The predicted octanol–water partition coefficient (Wildman–Crippen LogP) is 3.36. The molecule has 1 heterocycles. The van der Waals surface area contributed by atoms with Gasteiger partial charge in [0.15, 0.2) is 0 Å². The van der Waals surface area contributed by atoms with Crippen LogP contribution in [-0.4, -0.2) is 24.9 Å². The number of nitrogens with zero attached hydrogens (tertiary/aromatic N) is 1. The molecule has 0 saturated heterocycles. The van der Waals surface area contributed by atoms with Crippen molar-refractivity contribution in [3.8, 4) is 0 Å². The highest BCUT2D eigenvalue weighted by molar-refractivity contribution is 6.14. The van der Waals surface area contributed by atoms with E-state index in [0.29, 0.717) is 25.9 Å². The Morgan fingerprint density at radius 3 is 2.72 bits per heavy atom. The maximum absolute atomic E-state index is 13.1. The van der Waals surface area contributed by atoms with E-state index >= 15 is 0 Å². The Kier molecular flexibility index (Phi) is 4.36. The van der Waals surface area contributed by atoms with Gasteiger partial charge >= 0.3 is 0 Å². The Hall–Kier alpha value is -2.10. The van der Waals surface area contributed by atoms with Crippen LogP contribution in [0, 0.1) is 5.41 Å². The van der Waals surface area contributed by atoms with Crippen LogP contribution < -0.4 is 10.2 Å². The van der Waals surface area contributed by atoms with E-state index in [2.05, 4.69) is 17.5 Å². The van der Waals surface area contributed by atoms with Crippen molar-refractivity contribution in [2.24, 2.45) is 5.41 Å². The van der Waals surface area contributed by atoms with Gasteiger partial charge in [-0.1, -0.05) is 29.8 Å². The molecule has 4 heteroatoms. The fourth-order valence-corrected chi connectivity index (χ4v) is 4.11. The average Bonchev–Trinajstić information content (AvgIpc) is 3.36. The van der Waals surface area contributed by atoms with Gasteiger partial charge in [-0.3, -0.25) is 9.59 Å². The van der Waals surface area contributed by atoms with E-state index in [0.717, 1.165) is 24.9 Å². The molecule has 2 amide bonds. The van der Waals surface area contributed by atoms with Gasteiger partial charge in [0.05, 0.1) is 0 Å². The molecule has 0 atom stereocenters. The lowest BCUT2D eigenvalue weighted by molar-refractivity contribution is -0.135. The fourth-order valence-electron chi connectivity index (χ4n) is 4.11. The van der Waals surface area contributed by atoms with Gasteiger partial charge in [-0.05, 0) is 63.0 Å². The third-order valence-corrected chi connectivity index (χ3v) is 5.84. The van der Waals surface area contributed by atoms with E-state index in [-0.39, 0.29) is 11.8 Å². The Morgan fingerprint density at radius 1 is 1.12 bits per heavy atom. The van der Waals surface area contributed by atoms with Crippen LogP contribution in [0.15, 0.2) is 35.9 Å². The number of fused-ring (bicyclic) bond motifs is 1. The van der Waals surface area contributed by atoms with Crippen molar-refractivity contribution in [2.75, 3.05) is 18.0 Å². The standard InChI is InChI=1S/C21H26N2O2/c24-19(22-14-10-16-6-2-1-3-7-16)21(12-13-21)20(25)23-15-11-17-8-4-5-9-18(17)23/h4-6,8-9H,1-3,7,10-15H2,(H,22,24). The zero-order valence-corrected chi connectivity index (χ0v) is 14.7. The molecule has 1 saturated carbocycles. The van der Waals surface area contributed by atoms with Crippen LogP contribution in [0.4, 0.5) is 5.69 Å². The van der Waals surface area contributed by atoms with Gasteiger partial charge in [-0.2, -0.15) is 0 Å². The topological polar surface area (TPSA) is 49.4 Å². The molecule has 1 aliphatic heterocycles. The quantitative estimate of drug-likeness (QED) is 0.661. The smallest absolute Gasteiger partial charge is 0.242 e. The summed E-state index contributed by atoms with van der Waals surface area (Å²) in [6.07, 6.45) is 10.3. The number of carbonyl (C=O) groups is 2. The summed E-state index contributed by atoms with van der Waals surface area (Å²) in [6.45, 7) is 1.34. The van der Waals surface area contributed by atoms with Crippen molar-refractivity contribution in [2.45, 2.75) is 51.4 Å². The van der Waals surface area contributed by atoms with E-state index in [1.54, 1.807) is 0 Å². The molecule has 0 spiro atoms. The Morgan fingerprint density at radius 2 is 1.96 bits per heavy atom. The normalized spacial score (nSPS) is 20.6. The SMILES string of the molecule is O=C(NCCC1=CCCCC1)C1(C(=O)N2CCc3ccccc32)CC1. The summed E-state index contributed by atoms with van der Waals surface area (Å²) in [6, 6.07) is 8.03. The summed E-state index contributed by atoms with van der Waals surface area (Å²) < 4.78 is 0. The van der Waals surface area contributed by atoms with Crippen molar-refractivity contribution < 1.29 is 9.59 Å². The number of allylic oxidation sites excluding steroid dienone is 1. The molecule has 0 aromatic heterocycles. The first-order valence-corrected chi connectivity index (χ1v) is 9.57. The number of anilines is 1. The molecule has 132 valence electrons. The summed E-state index contributed by atoms with van der Waals surface area (Å²) in [4.78, 5) is 27.6. The maximum atomic E-state index is 13.1. The molecule has 1 fully saturated rings. The molecule has 4 rings (SSSR count). The summed E-state index contributed by atoms with van der Waals surface area (Å²) in [7, 11) is 0. The highest BCUT2D eigenvalue weighted by Gasteiger charge is 2.58. The monoisotopic (exact) mass is 338 g/mol. The second kappa shape index (κ2) is 6.66. The van der Waals surface area contributed by atoms with Crippen LogP contribution >= 0.6 is 0 Å². The van der Waals surface area contributed by atoms with Crippen LogP contribution in [0.25, 0.3) is 0 Å². The molecule has 1 aromatic rings. The molecule has 0 radical (unpaired) electrons. The molecule has 0 bridgehead atoms. The second-order valence-electron chi connectivity index (χ2n) is 7.53. The van der Waals surface area contributed by atoms with Crippen molar-refractivity contribution >= 4 is 17.5 Å². The first kappa shape index (κ1) is 16.4. The predicted molar refractivity (Wildman–Crippen MR) is 98.3 cm³/mol. The zero-order valence-electron chi connectivity index (χ0n) is 14.7. The molecule has 1 N–H and O–H groups in total. The molecule has 25 heavy (non-hydrogen) atoms. The Bertz CT molecular complexity index is 718. The van der Waals surface area contributed by atoms with Gasteiger partial charge in [-0.15, -0.1) is 0 Å². The van der Waals surface area contributed by atoms with E-state index in [1.165, 1.54) is 30.4 Å². The number of hydrogen-bond donors (Lipinski definition) is 1. The van der Waals surface area contributed by atoms with Crippen LogP contribution in [0.1, 0.15) is 50.5 Å². The van der Waals surface area contributed by atoms with Crippen molar-refractivity contribution in [3.05, 3.63) is 41.5 Å². The molecule has 1 aromatic carbocycles. The van der Waals surface area contributed by atoms with E-state index < -0.39 is 5.41 Å². The minimum absolute atomic E-state index is 0.00756. The fraction of sp³-hybridized carbons (Fsp3) is 0.524. The lowest BCUT2D eigenvalue weighted by Crippen LogP contribution is -2.45. The van der Waals surface area contributed by atoms with E-state index in [4.69, 9.17) is 0 Å². The maximum Gasteiger partial charge on any atom is 0.242 e. The van der Waals surface area contributed by atoms with Crippen LogP contribution in [0.5, 0.6) is 0 Å². The number of nitrogens with one attached hydrogen (secondary N) is 1. The van der Waals surface area contributed by atoms with E-state index in [9.17, 15) is 9.59 Å². The number of hydrogen-bond acceptors (Lipinski definition) is 2. The second-order valence-corrected chi connectivity index (χ2v) is 7.53. The highest BCUT2D eigenvalue weighted by Crippen LogP contribution is 2.49. The number of benzene rings is 1. The lowest BCUT2D eigenvalue weighted by atomic mass is 9.97. The van der Waals surface area contributed by atoms with Crippen molar-refractivity contribution in [3.63, 3.8) is 0 Å². The van der Waals surface area contributed by atoms with Gasteiger partial charge in [0.25, 0.3) is 0 Å². The van der Waals surface area contributed by atoms with Gasteiger partial charge < -0.3 is 10.2 Å². The van der Waals surface area contributed by atoms with Crippen molar-refractivity contribution in [1.82, 2.24) is 5.32 Å². The number of rotatable bonds is 5. The third-order valence-electron chi connectivity index (χ3n) is 5.84. The van der Waals surface area contributed by atoms with Crippen LogP contribution in [-0.2, 0) is 16.0 Å². The highest BCUT2D eigenvalue weighted by atomic mass is 16.2. The Labute approximate surface area is 149 Å². The molecule has 2 aliphatic carbocycles. The number of carbonyl (C=O) groups excluding carboxylic acids is 2. The molecular formula is C21H26N2O2. The van der Waals surface area contributed by atoms with E-state index in [1.807, 2.05) is 23.1 Å². The largest absolute Gasteiger partial charge is 0.355 e. The molecular weight excluding hydrogens is 312 g/mol. The van der Waals surface area contributed by atoms with Gasteiger partial charge in [0.1, 0.15) is 5.41 Å². The first-order chi connectivity index (χ1) is 12.2. The van der Waals surface area contributed by atoms with Crippen LogP contribution in [0.2, 0.25) is 0 Å². The van der Waals surface area contributed by atoms with Crippen LogP contribution in [0.3, 0.4) is 0 Å². The Balaban J connectivity index is 1.37. The van der Waals surface area contributed by atoms with Gasteiger partial charge in [0.2, 0.25) is 11.8 Å². The molecule has 0 unspecified atom stereocenters. The minimum Gasteiger partial charge on any atom is -0.355 e. The van der Waals surface area contributed by atoms with Gasteiger partial charge in [-0.25, -0.2) is 0 Å². The molecule has 3 aliphatic rings. The summed E-state index contributed by atoms with van der Waals surface area (Å²) >= 11 is 0. The lowest BCUT2D eigenvalue weighted by Gasteiger charge is -2.23.